The van der Waals surface area contributed by atoms with Gasteiger partial charge in [0.1, 0.15) is 18.2 Å². The van der Waals surface area contributed by atoms with Crippen molar-refractivity contribution in [3.05, 3.63) is 70.3 Å². The van der Waals surface area contributed by atoms with Crippen LogP contribution in [0.3, 0.4) is 0 Å². The molecule has 2 aromatic carbocycles. The lowest BCUT2D eigenvalue weighted by Crippen LogP contribution is -2.40. The van der Waals surface area contributed by atoms with E-state index in [0.717, 1.165) is 6.07 Å². The fourth-order valence-electron chi connectivity index (χ4n) is 3.48. The molecule has 2 N–H and O–H groups in total. The zero-order valence-electron chi connectivity index (χ0n) is 17.5. The van der Waals surface area contributed by atoms with E-state index >= 15 is 0 Å². The second kappa shape index (κ2) is 9.69. The molecule has 0 radical (unpaired) electrons. The summed E-state index contributed by atoms with van der Waals surface area (Å²) in [7, 11) is -3.78. The van der Waals surface area contributed by atoms with Gasteiger partial charge in [0, 0.05) is 30.1 Å². The number of aromatic nitrogens is 1. The molecule has 0 spiro atoms. The Morgan fingerprint density at radius 3 is 2.58 bits per heavy atom. The molecule has 0 bridgehead atoms. The lowest BCUT2D eigenvalue weighted by atomic mass is 10.1. The van der Waals surface area contributed by atoms with Gasteiger partial charge in [-0.25, -0.2) is 12.8 Å². The van der Waals surface area contributed by atoms with Crippen LogP contribution in [0.5, 0.6) is 5.75 Å². The number of H-pyrrole nitrogens is 1. The molecule has 3 aromatic rings. The maximum absolute atomic E-state index is 13.0. The van der Waals surface area contributed by atoms with Crippen molar-refractivity contribution in [3.8, 4) is 5.75 Å². The number of nitrogens with one attached hydrogen (secondary N) is 2. The van der Waals surface area contributed by atoms with Crippen LogP contribution >= 0.6 is 0 Å². The lowest BCUT2D eigenvalue weighted by molar-refractivity contribution is 0.0730. The van der Waals surface area contributed by atoms with Gasteiger partial charge in [-0.05, 0) is 42.5 Å². The highest BCUT2D eigenvalue weighted by atomic mass is 32.2. The zero-order chi connectivity index (χ0) is 23.4. The van der Waals surface area contributed by atoms with Gasteiger partial charge in [-0.15, -0.1) is 0 Å². The van der Waals surface area contributed by atoms with Crippen LogP contribution in [-0.4, -0.2) is 63.1 Å². The third-order valence-electron chi connectivity index (χ3n) is 5.14. The standard InChI is InChI=1S/C22H22FN3O6S/c23-15-1-3-16(4-2-15)32-10-7-24-22(28)19-14-21(27)25-20-6-5-17(13-18(19)20)33(29,30)26-8-11-31-12-9-26/h1-6,13-14H,7-12H2,(H,24,28)(H,25,27). The number of carbonyl (C=O) groups excluding carboxylic acids is 1. The molecule has 33 heavy (non-hydrogen) atoms. The first-order valence-corrected chi connectivity index (χ1v) is 11.7. The number of halogens is 1. The molecule has 0 saturated carbocycles. The molecule has 2 heterocycles. The van der Waals surface area contributed by atoms with E-state index in [4.69, 9.17) is 9.47 Å². The van der Waals surface area contributed by atoms with Crippen molar-refractivity contribution in [1.29, 1.82) is 0 Å². The van der Waals surface area contributed by atoms with Crippen LogP contribution in [0.15, 0.2) is 58.2 Å². The molecule has 0 atom stereocenters. The van der Waals surface area contributed by atoms with Crippen molar-refractivity contribution in [2.75, 3.05) is 39.5 Å². The first-order valence-electron chi connectivity index (χ1n) is 10.3. The smallest absolute Gasteiger partial charge is 0.252 e. The molecule has 1 aromatic heterocycles. The fraction of sp³-hybridized carbons (Fsp3) is 0.273. The minimum Gasteiger partial charge on any atom is -0.492 e. The Hall–Kier alpha value is -3.28. The lowest BCUT2D eigenvalue weighted by Gasteiger charge is -2.26. The second-order valence-corrected chi connectivity index (χ2v) is 9.27. The molecule has 1 fully saturated rings. The number of rotatable bonds is 7. The molecule has 4 rings (SSSR count). The van der Waals surface area contributed by atoms with Gasteiger partial charge in [-0.1, -0.05) is 0 Å². The minimum atomic E-state index is -3.78. The van der Waals surface area contributed by atoms with E-state index < -0.39 is 21.5 Å². The number of carbonyl (C=O) groups is 1. The summed E-state index contributed by atoms with van der Waals surface area (Å²) in [5.74, 6) is -0.480. The molecule has 1 saturated heterocycles. The van der Waals surface area contributed by atoms with Crippen LogP contribution in [0.25, 0.3) is 10.9 Å². The number of fused-ring (bicyclic) bond motifs is 1. The zero-order valence-corrected chi connectivity index (χ0v) is 18.4. The number of sulfonamides is 1. The number of hydrogen-bond donors (Lipinski definition) is 2. The molecular weight excluding hydrogens is 453 g/mol. The summed E-state index contributed by atoms with van der Waals surface area (Å²) < 4.78 is 51.0. The SMILES string of the molecule is O=C(NCCOc1ccc(F)cc1)c1cc(=O)[nH]c2ccc(S(=O)(=O)N3CCOCC3)cc12. The maximum Gasteiger partial charge on any atom is 0.252 e. The minimum absolute atomic E-state index is 0.0256. The quantitative estimate of drug-likeness (QED) is 0.500. The van der Waals surface area contributed by atoms with Gasteiger partial charge in [0.15, 0.2) is 0 Å². The van der Waals surface area contributed by atoms with E-state index in [1.807, 2.05) is 0 Å². The molecular formula is C22H22FN3O6S. The van der Waals surface area contributed by atoms with Gasteiger partial charge in [0.25, 0.3) is 5.91 Å². The van der Waals surface area contributed by atoms with Gasteiger partial charge in [-0.2, -0.15) is 4.31 Å². The summed E-state index contributed by atoms with van der Waals surface area (Å²) in [6.45, 7) is 1.35. The Morgan fingerprint density at radius 2 is 1.85 bits per heavy atom. The Labute approximate surface area is 189 Å². The van der Waals surface area contributed by atoms with Gasteiger partial charge in [-0.3, -0.25) is 9.59 Å². The van der Waals surface area contributed by atoms with Crippen LogP contribution in [-0.2, 0) is 14.8 Å². The normalized spacial score (nSPS) is 14.8. The van der Waals surface area contributed by atoms with Crippen LogP contribution in [0, 0.1) is 5.82 Å². The first-order chi connectivity index (χ1) is 15.8. The van der Waals surface area contributed by atoms with Gasteiger partial charge < -0.3 is 19.8 Å². The second-order valence-electron chi connectivity index (χ2n) is 7.33. The van der Waals surface area contributed by atoms with E-state index in [1.54, 1.807) is 0 Å². The molecule has 1 amide bonds. The highest BCUT2D eigenvalue weighted by Crippen LogP contribution is 2.23. The highest BCUT2D eigenvalue weighted by molar-refractivity contribution is 7.89. The van der Waals surface area contributed by atoms with Crippen molar-refractivity contribution >= 4 is 26.8 Å². The predicted octanol–water partition coefficient (Wildman–Crippen LogP) is 1.50. The number of benzene rings is 2. The average molecular weight is 475 g/mol. The number of pyridine rings is 1. The molecule has 1 aliphatic rings. The van der Waals surface area contributed by atoms with Gasteiger partial charge in [0.2, 0.25) is 15.6 Å². The predicted molar refractivity (Wildman–Crippen MR) is 118 cm³/mol. The van der Waals surface area contributed by atoms with Crippen molar-refractivity contribution in [2.24, 2.45) is 0 Å². The molecule has 9 nitrogen and oxygen atoms in total. The average Bonchev–Trinajstić information content (AvgIpc) is 2.82. The number of ether oxygens (including phenoxy) is 2. The van der Waals surface area contributed by atoms with Gasteiger partial charge >= 0.3 is 0 Å². The van der Waals surface area contributed by atoms with E-state index in [9.17, 15) is 22.4 Å². The summed E-state index contributed by atoms with van der Waals surface area (Å²) in [4.78, 5) is 27.5. The van der Waals surface area contributed by atoms with Crippen LogP contribution < -0.4 is 15.6 Å². The number of nitrogens with zero attached hydrogens (tertiary/aromatic N) is 1. The summed E-state index contributed by atoms with van der Waals surface area (Å²) in [5.41, 5.74) is -0.0929. The van der Waals surface area contributed by atoms with Crippen molar-refractivity contribution in [2.45, 2.75) is 4.90 Å². The number of amides is 1. The number of morpholine rings is 1. The van der Waals surface area contributed by atoms with E-state index in [-0.39, 0.29) is 42.5 Å². The Kier molecular flexibility index (Phi) is 6.72. The molecule has 1 aliphatic heterocycles. The van der Waals surface area contributed by atoms with Crippen molar-refractivity contribution < 1.29 is 27.1 Å². The maximum atomic E-state index is 13.0. The number of aromatic amines is 1. The third kappa shape index (κ3) is 5.21. The Bertz CT molecular complexity index is 1320. The largest absolute Gasteiger partial charge is 0.492 e. The van der Waals surface area contributed by atoms with Crippen molar-refractivity contribution in [1.82, 2.24) is 14.6 Å². The summed E-state index contributed by atoms with van der Waals surface area (Å²) in [5, 5.41) is 2.96. The molecule has 174 valence electrons. The fourth-order valence-corrected chi connectivity index (χ4v) is 4.91. The van der Waals surface area contributed by atoms with E-state index in [0.29, 0.717) is 29.9 Å². The molecule has 0 aliphatic carbocycles. The van der Waals surface area contributed by atoms with Crippen LogP contribution in [0.4, 0.5) is 4.39 Å². The number of hydrogen-bond acceptors (Lipinski definition) is 6. The highest BCUT2D eigenvalue weighted by Gasteiger charge is 2.27. The first kappa shape index (κ1) is 22.9. The summed E-state index contributed by atoms with van der Waals surface area (Å²) in [6.07, 6.45) is 0. The summed E-state index contributed by atoms with van der Waals surface area (Å²) in [6, 6.07) is 10.9. The van der Waals surface area contributed by atoms with Crippen molar-refractivity contribution in [3.63, 3.8) is 0 Å². The third-order valence-corrected chi connectivity index (χ3v) is 7.03. The monoisotopic (exact) mass is 475 g/mol. The van der Waals surface area contributed by atoms with Gasteiger partial charge in [0.05, 0.1) is 30.2 Å². The van der Waals surface area contributed by atoms with E-state index in [1.165, 1.54) is 46.8 Å². The molecule has 0 unspecified atom stereocenters. The Balaban J connectivity index is 1.53. The van der Waals surface area contributed by atoms with E-state index in [2.05, 4.69) is 10.3 Å². The van der Waals surface area contributed by atoms with Crippen LogP contribution in [0.1, 0.15) is 10.4 Å². The topological polar surface area (TPSA) is 118 Å². The Morgan fingerprint density at radius 1 is 1.12 bits per heavy atom. The summed E-state index contributed by atoms with van der Waals surface area (Å²) >= 11 is 0. The molecule has 11 heteroatoms. The van der Waals surface area contributed by atoms with Crippen LogP contribution in [0.2, 0.25) is 0 Å².